The van der Waals surface area contributed by atoms with E-state index in [0.717, 1.165) is 6.07 Å². The zero-order chi connectivity index (χ0) is 31.4. The lowest BCUT2D eigenvalue weighted by atomic mass is 9.63. The highest BCUT2D eigenvalue weighted by atomic mass is 35.5. The van der Waals surface area contributed by atoms with Crippen LogP contribution in [0, 0.1) is 28.9 Å². The fraction of sp³-hybridized carbons (Fsp3) is 0.484. The lowest BCUT2D eigenvalue weighted by Gasteiger charge is -2.35. The largest absolute Gasteiger partial charge is 0.388 e. The molecule has 2 aliphatic heterocycles. The number of aliphatic hydroxyl groups is 1. The molecule has 2 aromatic carbocycles. The van der Waals surface area contributed by atoms with Gasteiger partial charge in [0.25, 0.3) is 5.91 Å². The number of nitrogens with one attached hydrogen (secondary N) is 2. The van der Waals surface area contributed by atoms with E-state index in [0.29, 0.717) is 32.4 Å². The summed E-state index contributed by atoms with van der Waals surface area (Å²) in [7, 11) is 0. The minimum atomic E-state index is -1.74. The van der Waals surface area contributed by atoms with Crippen molar-refractivity contribution in [2.24, 2.45) is 21.6 Å². The second-order valence-electron chi connectivity index (χ2n) is 11.7. The molecule has 4 rings (SSSR count). The summed E-state index contributed by atoms with van der Waals surface area (Å²) < 4.78 is 31.3. The van der Waals surface area contributed by atoms with Crippen LogP contribution in [0.2, 0.25) is 10.0 Å². The number of nitrogens with two attached hydrogens (primary N) is 1. The first-order valence-electron chi connectivity index (χ1n) is 14.3. The number of halogens is 4. The summed E-state index contributed by atoms with van der Waals surface area (Å²) in [6.45, 7) is 5.47. The number of rotatable bonds is 9. The van der Waals surface area contributed by atoms with Gasteiger partial charge in [-0.05, 0) is 62.0 Å². The monoisotopic (exact) mass is 632 g/mol. The molecule has 2 saturated heterocycles. The predicted octanol–water partition coefficient (Wildman–Crippen LogP) is 4.66. The van der Waals surface area contributed by atoms with Crippen LogP contribution < -0.4 is 16.4 Å². The second kappa shape index (κ2) is 13.8. The van der Waals surface area contributed by atoms with Crippen LogP contribution in [0.5, 0.6) is 0 Å². The third-order valence-electron chi connectivity index (χ3n) is 8.21. The molecule has 230 valence electrons. The van der Waals surface area contributed by atoms with Gasteiger partial charge in [0.1, 0.15) is 22.9 Å². The number of carbonyl (C=O) groups excluding carboxylic acids is 1. The second-order valence-corrected chi connectivity index (χ2v) is 12.5. The molecule has 0 bridgehead atoms. The Bertz CT molecular complexity index is 1440. The van der Waals surface area contributed by atoms with E-state index >= 15 is 8.78 Å². The first-order valence-corrected chi connectivity index (χ1v) is 15.0. The van der Waals surface area contributed by atoms with E-state index in [1.54, 1.807) is 0 Å². The van der Waals surface area contributed by atoms with Crippen molar-refractivity contribution in [2.75, 3.05) is 19.6 Å². The van der Waals surface area contributed by atoms with E-state index in [9.17, 15) is 15.2 Å². The average molecular weight is 634 g/mol. The van der Waals surface area contributed by atoms with Gasteiger partial charge in [0.2, 0.25) is 0 Å². The maximum Gasteiger partial charge on any atom is 0.265 e. The molecule has 0 aliphatic carbocycles. The van der Waals surface area contributed by atoms with Crippen LogP contribution in [-0.4, -0.2) is 60.4 Å². The lowest BCUT2D eigenvalue weighted by Crippen LogP contribution is -2.44. The van der Waals surface area contributed by atoms with Gasteiger partial charge in [-0.3, -0.25) is 9.79 Å². The van der Waals surface area contributed by atoms with Crippen molar-refractivity contribution < 1.29 is 18.7 Å². The maximum absolute atomic E-state index is 15.7. The number of hydrogen-bond donors (Lipinski definition) is 4. The van der Waals surface area contributed by atoms with Gasteiger partial charge in [0, 0.05) is 35.2 Å². The van der Waals surface area contributed by atoms with Gasteiger partial charge in [0.15, 0.2) is 0 Å². The third kappa shape index (κ3) is 7.08. The number of hydrogen-bond acceptors (Lipinski definition) is 6. The minimum Gasteiger partial charge on any atom is -0.388 e. The summed E-state index contributed by atoms with van der Waals surface area (Å²) in [6.07, 6.45) is 3.05. The van der Waals surface area contributed by atoms with Crippen LogP contribution in [0.15, 0.2) is 46.4 Å². The van der Waals surface area contributed by atoms with Crippen molar-refractivity contribution in [3.8, 4) is 6.07 Å². The van der Waals surface area contributed by atoms with E-state index in [4.69, 9.17) is 28.9 Å². The van der Waals surface area contributed by atoms with E-state index < -0.39 is 46.6 Å². The molecule has 2 aromatic rings. The van der Waals surface area contributed by atoms with Crippen LogP contribution >= 0.6 is 23.2 Å². The zero-order valence-electron chi connectivity index (χ0n) is 24.1. The molecule has 2 aliphatic rings. The smallest absolute Gasteiger partial charge is 0.265 e. The number of carbonyl (C=O) groups is 1. The summed E-state index contributed by atoms with van der Waals surface area (Å²) in [4.78, 5) is 22.1. The van der Waals surface area contributed by atoms with Gasteiger partial charge >= 0.3 is 0 Å². The lowest BCUT2D eigenvalue weighted by molar-refractivity contribution is -0.119. The molecule has 0 aromatic heterocycles. The molecule has 2 fully saturated rings. The van der Waals surface area contributed by atoms with Gasteiger partial charge < -0.3 is 21.5 Å². The Kier molecular flexibility index (Phi) is 10.6. The fourth-order valence-electron chi connectivity index (χ4n) is 6.14. The molecular formula is C31H36Cl2F2N6O2. The summed E-state index contributed by atoms with van der Waals surface area (Å²) in [5.41, 5.74) is 3.43. The van der Waals surface area contributed by atoms with Crippen molar-refractivity contribution >= 4 is 41.2 Å². The molecule has 0 radical (unpaired) electrons. The summed E-state index contributed by atoms with van der Waals surface area (Å²) in [6, 6.07) is 8.55. The first-order chi connectivity index (χ1) is 20.4. The molecule has 4 unspecified atom stereocenters. The van der Waals surface area contributed by atoms with E-state index in [2.05, 4.69) is 26.7 Å². The number of nitriles is 1. The summed E-state index contributed by atoms with van der Waals surface area (Å²) in [5.74, 6) is -3.55. The Labute approximate surface area is 260 Å². The molecule has 5 N–H and O–H groups in total. The van der Waals surface area contributed by atoms with Crippen LogP contribution in [0.1, 0.15) is 56.6 Å². The maximum atomic E-state index is 15.7. The molecule has 8 nitrogen and oxygen atoms in total. The molecule has 43 heavy (non-hydrogen) atoms. The van der Waals surface area contributed by atoms with Crippen molar-refractivity contribution in [3.63, 3.8) is 0 Å². The summed E-state index contributed by atoms with van der Waals surface area (Å²) in [5, 5.41) is 27.8. The molecule has 0 saturated carbocycles. The van der Waals surface area contributed by atoms with Gasteiger partial charge in [-0.1, -0.05) is 55.2 Å². The van der Waals surface area contributed by atoms with Crippen molar-refractivity contribution in [1.29, 1.82) is 5.26 Å². The molecular weight excluding hydrogens is 597 g/mol. The summed E-state index contributed by atoms with van der Waals surface area (Å²) >= 11 is 12.2. The number of nitrogens with zero attached hydrogens (tertiary/aromatic N) is 3. The van der Waals surface area contributed by atoms with Crippen LogP contribution in [0.25, 0.3) is 0 Å². The van der Waals surface area contributed by atoms with Crippen molar-refractivity contribution in [3.05, 3.63) is 69.2 Å². The SMILES string of the molecule is CC(C)CC1NC(C(=O)N=C(N)CC=NCC2(O)CCNCC2)C(c2cccc(Cl)c2F)C1(C#N)c1ccc(Cl)cc1F. The Balaban J connectivity index is 1.74. The van der Waals surface area contributed by atoms with E-state index in [1.165, 1.54) is 36.5 Å². The highest BCUT2D eigenvalue weighted by molar-refractivity contribution is 6.31. The topological polar surface area (TPSA) is 136 Å². The van der Waals surface area contributed by atoms with E-state index in [1.807, 2.05) is 13.8 Å². The Morgan fingerprint density at radius 2 is 1.98 bits per heavy atom. The standard InChI is InChI=1S/C31H36Cl2F2N6O2/c1-18(2)14-24-31(16-36,21-7-6-19(32)15-23(21)34)26(20-4-3-5-22(33)27(20)35)28(40-24)29(42)41-25(37)8-11-39-17-30(43)9-12-38-13-10-30/h3-7,11,15,18,24,26,28,38,40,43H,8-10,12-14,17H2,1-2H3,(H2,37,41,42). The quantitative estimate of drug-likeness (QED) is 0.234. The predicted molar refractivity (Wildman–Crippen MR) is 165 cm³/mol. The average Bonchev–Trinajstić information content (AvgIpc) is 3.27. The van der Waals surface area contributed by atoms with Crippen molar-refractivity contribution in [2.45, 2.75) is 68.5 Å². The highest BCUT2D eigenvalue weighted by Gasteiger charge is 2.60. The molecule has 12 heteroatoms. The van der Waals surface area contributed by atoms with Crippen LogP contribution in [0.3, 0.4) is 0 Å². The van der Waals surface area contributed by atoms with Crippen LogP contribution in [0.4, 0.5) is 8.78 Å². The number of amidine groups is 1. The van der Waals surface area contributed by atoms with Gasteiger partial charge in [-0.25, -0.2) is 8.78 Å². The van der Waals surface area contributed by atoms with Gasteiger partial charge in [0.05, 0.1) is 29.3 Å². The zero-order valence-corrected chi connectivity index (χ0v) is 25.6. The van der Waals surface area contributed by atoms with Gasteiger partial charge in [-0.15, -0.1) is 0 Å². The molecule has 4 atom stereocenters. The number of piperidine rings is 1. The first kappa shape index (κ1) is 33.0. The fourth-order valence-corrected chi connectivity index (χ4v) is 6.48. The minimum absolute atomic E-state index is 0.0165. The Hall–Kier alpha value is -2.94. The third-order valence-corrected chi connectivity index (χ3v) is 8.74. The Morgan fingerprint density at radius 3 is 2.63 bits per heavy atom. The Morgan fingerprint density at radius 1 is 1.26 bits per heavy atom. The van der Waals surface area contributed by atoms with Crippen molar-refractivity contribution in [1.82, 2.24) is 10.6 Å². The number of aliphatic imine (C=N–C) groups is 2. The highest BCUT2D eigenvalue weighted by Crippen LogP contribution is 2.52. The van der Waals surface area contributed by atoms with Gasteiger partial charge in [-0.2, -0.15) is 10.3 Å². The molecule has 0 spiro atoms. The number of benzene rings is 2. The van der Waals surface area contributed by atoms with Crippen LogP contribution in [-0.2, 0) is 10.2 Å². The molecule has 1 amide bonds. The number of amides is 1. The normalized spacial score (nSPS) is 25.7. The van der Waals surface area contributed by atoms with E-state index in [-0.39, 0.29) is 45.9 Å². The molecule has 2 heterocycles.